The summed E-state index contributed by atoms with van der Waals surface area (Å²) in [5.74, 6) is 1.02. The summed E-state index contributed by atoms with van der Waals surface area (Å²) in [6.45, 7) is 0.388. The molecule has 0 fully saturated rings. The molecule has 4 nitrogen and oxygen atoms in total. The van der Waals surface area contributed by atoms with Gasteiger partial charge in [-0.25, -0.2) is 0 Å². The lowest BCUT2D eigenvalue weighted by atomic mass is 9.84. The minimum Gasteiger partial charge on any atom is -0.353 e. The highest BCUT2D eigenvalue weighted by molar-refractivity contribution is 8.01. The maximum absolute atomic E-state index is 15.0. The Morgan fingerprint density at radius 3 is 0.833 bits per heavy atom. The van der Waals surface area contributed by atoms with Crippen LogP contribution in [0.3, 0.4) is 0 Å². The van der Waals surface area contributed by atoms with Crippen molar-refractivity contribution >= 4 is 47.1 Å². The standard InChI is InChI=1S/C65H58N2O2S3/c68-61(46-48-70-63(51-28-10-1-11-29-51,52-30-12-2-13-31-52)53-32-14-3-15-33-53)67-60(50-72-65(57-40-22-7-23-41-57,58-42-24-8-25-43-58)59-44-26-9-27-45-59)62(69)66-47-49-71-64(54-34-16-4-17-35-54,55-36-18-5-19-37-55)56-38-20-6-21-39-56/h1-45,60H,46-50H2,(H,66,69)(H,67,68). The van der Waals surface area contributed by atoms with Crippen LogP contribution in [0.2, 0.25) is 0 Å². The van der Waals surface area contributed by atoms with Crippen molar-refractivity contribution in [2.45, 2.75) is 26.7 Å². The summed E-state index contributed by atoms with van der Waals surface area (Å²) in [6, 6.07) is 94.1. The van der Waals surface area contributed by atoms with E-state index in [0.29, 0.717) is 23.8 Å². The summed E-state index contributed by atoms with van der Waals surface area (Å²) in [7, 11) is 0. The summed E-state index contributed by atoms with van der Waals surface area (Å²) in [4.78, 5) is 29.6. The van der Waals surface area contributed by atoms with Gasteiger partial charge in [-0.1, -0.05) is 273 Å². The van der Waals surface area contributed by atoms with E-state index in [4.69, 9.17) is 0 Å². The van der Waals surface area contributed by atoms with Crippen LogP contribution in [0, 0.1) is 0 Å². The summed E-state index contributed by atoms with van der Waals surface area (Å²) < 4.78 is -1.81. The van der Waals surface area contributed by atoms with Crippen molar-refractivity contribution < 1.29 is 9.59 Å². The van der Waals surface area contributed by atoms with Crippen LogP contribution in [0.1, 0.15) is 56.5 Å². The Morgan fingerprint density at radius 1 is 0.333 bits per heavy atom. The fourth-order valence-electron chi connectivity index (χ4n) is 9.76. The van der Waals surface area contributed by atoms with Crippen LogP contribution >= 0.6 is 35.3 Å². The van der Waals surface area contributed by atoms with Crippen molar-refractivity contribution in [1.82, 2.24) is 10.6 Å². The Balaban J connectivity index is 1.01. The second-order valence-corrected chi connectivity index (χ2v) is 21.4. The number of hydrogen-bond donors (Lipinski definition) is 2. The van der Waals surface area contributed by atoms with Gasteiger partial charge in [0.15, 0.2) is 0 Å². The molecule has 358 valence electrons. The lowest BCUT2D eigenvalue weighted by Gasteiger charge is -2.37. The first-order valence-electron chi connectivity index (χ1n) is 24.5. The maximum Gasteiger partial charge on any atom is 0.243 e. The SMILES string of the molecule is O=C(CCSC(c1ccccc1)(c1ccccc1)c1ccccc1)NC(CSC(c1ccccc1)(c1ccccc1)c1ccccc1)C(=O)NCCSC(c1ccccc1)(c1ccccc1)c1ccccc1. The number of amides is 2. The third-order valence-corrected chi connectivity index (χ3v) is 17.8. The zero-order valence-electron chi connectivity index (χ0n) is 40.1. The number of carbonyl (C=O) groups excluding carboxylic acids is 2. The van der Waals surface area contributed by atoms with E-state index in [-0.39, 0.29) is 18.2 Å². The van der Waals surface area contributed by atoms with E-state index in [1.807, 2.05) is 36.4 Å². The molecule has 0 saturated carbocycles. The van der Waals surface area contributed by atoms with Gasteiger partial charge in [0.1, 0.15) is 6.04 Å². The van der Waals surface area contributed by atoms with Crippen molar-refractivity contribution in [3.05, 3.63) is 323 Å². The number of thioether (sulfide) groups is 3. The fraction of sp³-hybridized carbons (Fsp3) is 0.138. The van der Waals surface area contributed by atoms with Crippen molar-refractivity contribution in [3.63, 3.8) is 0 Å². The molecule has 2 amide bonds. The minimum atomic E-state index is -0.850. The van der Waals surface area contributed by atoms with Crippen LogP contribution in [0.4, 0.5) is 0 Å². The predicted octanol–water partition coefficient (Wildman–Crippen LogP) is 14.2. The molecule has 0 aliphatic carbocycles. The van der Waals surface area contributed by atoms with E-state index < -0.39 is 20.3 Å². The molecule has 0 aliphatic heterocycles. The molecule has 7 heteroatoms. The quantitative estimate of drug-likeness (QED) is 0.0523. The molecule has 0 aromatic heterocycles. The van der Waals surface area contributed by atoms with Crippen LogP contribution in [-0.2, 0) is 23.8 Å². The van der Waals surface area contributed by atoms with Crippen LogP contribution < -0.4 is 10.6 Å². The molecule has 1 atom stereocenters. The number of hydrogen-bond acceptors (Lipinski definition) is 5. The third kappa shape index (κ3) is 11.0. The Bertz CT molecular complexity index is 2750. The number of carbonyl (C=O) groups is 2. The van der Waals surface area contributed by atoms with Gasteiger partial charge in [0.05, 0.1) is 14.2 Å². The molecule has 2 N–H and O–H groups in total. The summed E-state index contributed by atoms with van der Waals surface area (Å²) in [6.07, 6.45) is 0.207. The number of rotatable bonds is 22. The van der Waals surface area contributed by atoms with Gasteiger partial charge >= 0.3 is 0 Å². The van der Waals surface area contributed by atoms with E-state index in [0.717, 1.165) is 50.1 Å². The molecule has 0 radical (unpaired) electrons. The highest BCUT2D eigenvalue weighted by Gasteiger charge is 2.41. The number of nitrogens with one attached hydrogen (secondary N) is 2. The van der Waals surface area contributed by atoms with Crippen molar-refractivity contribution in [3.8, 4) is 0 Å². The zero-order valence-corrected chi connectivity index (χ0v) is 42.6. The fourth-order valence-corrected chi connectivity index (χ4v) is 14.2. The van der Waals surface area contributed by atoms with Gasteiger partial charge in [-0.05, 0) is 50.1 Å². The third-order valence-electron chi connectivity index (χ3n) is 13.1. The van der Waals surface area contributed by atoms with Gasteiger partial charge in [0, 0.05) is 30.2 Å². The normalized spacial score (nSPS) is 12.1. The highest BCUT2D eigenvalue weighted by atomic mass is 32.2. The molecular formula is C65H58N2O2S3. The van der Waals surface area contributed by atoms with Gasteiger partial charge in [-0.15, -0.1) is 35.3 Å². The zero-order chi connectivity index (χ0) is 49.3. The molecule has 9 aromatic carbocycles. The van der Waals surface area contributed by atoms with E-state index in [9.17, 15) is 9.59 Å². The Hall–Kier alpha value is -7.03. The van der Waals surface area contributed by atoms with E-state index in [1.165, 1.54) is 0 Å². The number of benzene rings is 9. The Labute approximate surface area is 438 Å². The molecule has 9 rings (SSSR count). The second-order valence-electron chi connectivity index (χ2n) is 17.5. The Morgan fingerprint density at radius 2 is 0.569 bits per heavy atom. The molecule has 0 saturated heterocycles. The van der Waals surface area contributed by atoms with Crippen molar-refractivity contribution in [1.29, 1.82) is 0 Å². The predicted molar refractivity (Wildman–Crippen MR) is 305 cm³/mol. The van der Waals surface area contributed by atoms with Gasteiger partial charge in [0.25, 0.3) is 0 Å². The average Bonchev–Trinajstić information content (AvgIpc) is 3.46. The van der Waals surface area contributed by atoms with E-state index in [1.54, 1.807) is 35.3 Å². The molecular weight excluding hydrogens is 937 g/mol. The first kappa shape index (κ1) is 49.9. The molecule has 0 spiro atoms. The van der Waals surface area contributed by atoms with E-state index in [2.05, 4.69) is 247 Å². The second kappa shape index (κ2) is 24.4. The Kier molecular flexibility index (Phi) is 16.9. The molecule has 9 aromatic rings. The largest absolute Gasteiger partial charge is 0.353 e. The summed E-state index contributed by atoms with van der Waals surface area (Å²) in [5.41, 5.74) is 10.1. The van der Waals surface area contributed by atoms with Crippen molar-refractivity contribution in [2.24, 2.45) is 0 Å². The van der Waals surface area contributed by atoms with Gasteiger partial charge in [-0.3, -0.25) is 9.59 Å². The van der Waals surface area contributed by atoms with E-state index >= 15 is 0 Å². The molecule has 1 unspecified atom stereocenters. The van der Waals surface area contributed by atoms with Gasteiger partial charge in [-0.2, -0.15) is 0 Å². The lowest BCUT2D eigenvalue weighted by Crippen LogP contribution is -2.49. The molecule has 0 heterocycles. The topological polar surface area (TPSA) is 58.2 Å². The van der Waals surface area contributed by atoms with Crippen LogP contribution in [0.15, 0.2) is 273 Å². The van der Waals surface area contributed by atoms with Gasteiger partial charge < -0.3 is 10.6 Å². The first-order chi connectivity index (χ1) is 35.5. The highest BCUT2D eigenvalue weighted by Crippen LogP contribution is 2.51. The van der Waals surface area contributed by atoms with Crippen molar-refractivity contribution in [2.75, 3.05) is 23.8 Å². The molecule has 72 heavy (non-hydrogen) atoms. The monoisotopic (exact) mass is 994 g/mol. The summed E-state index contributed by atoms with van der Waals surface area (Å²) in [5, 5.41) is 6.61. The first-order valence-corrected chi connectivity index (χ1v) is 27.5. The van der Waals surface area contributed by atoms with Crippen LogP contribution in [0.25, 0.3) is 0 Å². The summed E-state index contributed by atoms with van der Waals surface area (Å²) >= 11 is 5.22. The molecule has 0 bridgehead atoms. The average molecular weight is 995 g/mol. The minimum absolute atomic E-state index is 0.179. The smallest absolute Gasteiger partial charge is 0.243 e. The maximum atomic E-state index is 15.0. The van der Waals surface area contributed by atoms with Crippen LogP contribution in [-0.4, -0.2) is 41.7 Å². The lowest BCUT2D eigenvalue weighted by molar-refractivity contribution is -0.128. The van der Waals surface area contributed by atoms with Gasteiger partial charge in [0.2, 0.25) is 11.8 Å². The molecule has 0 aliphatic rings. The van der Waals surface area contributed by atoms with Crippen LogP contribution in [0.5, 0.6) is 0 Å².